The maximum atomic E-state index is 11.9. The van der Waals surface area contributed by atoms with Crippen molar-refractivity contribution in [1.29, 1.82) is 0 Å². The summed E-state index contributed by atoms with van der Waals surface area (Å²) in [6.07, 6.45) is -0.321. The van der Waals surface area contributed by atoms with Gasteiger partial charge in [0.25, 0.3) is 0 Å². The first kappa shape index (κ1) is 11.4. The Morgan fingerprint density at radius 2 is 2.19 bits per heavy atom. The molecule has 0 spiro atoms. The van der Waals surface area contributed by atoms with Crippen molar-refractivity contribution in [3.63, 3.8) is 0 Å². The molecule has 1 aromatic heterocycles. The molecule has 2 heterocycles. The Hall–Kier alpha value is -1.04. The lowest BCUT2D eigenvalue weighted by molar-refractivity contribution is 0.0584. The quantitative estimate of drug-likeness (QED) is 0.736. The molecule has 2 rings (SSSR count). The molecule has 0 bridgehead atoms. The number of aromatic nitrogens is 2. The summed E-state index contributed by atoms with van der Waals surface area (Å²) in [5, 5.41) is 4.20. The molecule has 0 radical (unpaired) electrons. The van der Waals surface area contributed by atoms with Crippen molar-refractivity contribution < 1.29 is 9.53 Å². The van der Waals surface area contributed by atoms with Crippen molar-refractivity contribution in [3.05, 3.63) is 10.7 Å². The summed E-state index contributed by atoms with van der Waals surface area (Å²) in [5.41, 5.74) is -0.470. The molecule has 0 saturated heterocycles. The third-order valence-corrected chi connectivity index (χ3v) is 2.54. The lowest BCUT2D eigenvalue weighted by atomic mass is 10.2. The molecule has 0 atom stereocenters. The minimum atomic E-state index is -0.470. The second-order valence-electron chi connectivity index (χ2n) is 4.68. The van der Waals surface area contributed by atoms with Crippen LogP contribution in [0.5, 0.6) is 0 Å². The van der Waals surface area contributed by atoms with E-state index in [0.29, 0.717) is 13.1 Å². The summed E-state index contributed by atoms with van der Waals surface area (Å²) in [6, 6.07) is 1.82. The molecule has 0 aromatic carbocycles. The van der Waals surface area contributed by atoms with Crippen molar-refractivity contribution in [3.8, 4) is 0 Å². The van der Waals surface area contributed by atoms with Crippen LogP contribution in [-0.4, -0.2) is 28.0 Å². The third-order valence-electron chi connectivity index (χ3n) is 2.15. The van der Waals surface area contributed by atoms with E-state index in [9.17, 15) is 4.79 Å². The number of hydrogen-bond acceptors (Lipinski definition) is 3. The van der Waals surface area contributed by atoms with Crippen LogP contribution in [0, 0.1) is 0 Å². The Balaban J connectivity index is 2.15. The largest absolute Gasteiger partial charge is 0.443 e. The lowest BCUT2D eigenvalue weighted by Gasteiger charge is -2.23. The number of ether oxygens (including phenoxy) is 1. The van der Waals surface area contributed by atoms with E-state index in [1.807, 2.05) is 26.8 Å². The fourth-order valence-electron chi connectivity index (χ4n) is 1.57. The number of nitrogens with zero attached hydrogens (tertiary/aromatic N) is 3. The number of carbonyl (C=O) groups is 1. The van der Waals surface area contributed by atoms with Gasteiger partial charge < -0.3 is 4.74 Å². The number of rotatable bonds is 0. The SMILES string of the molecule is CC(C)(C)OC(=O)N1CCn2nc(Br)cc21. The molecule has 0 saturated carbocycles. The predicted molar refractivity (Wildman–Crippen MR) is 63.5 cm³/mol. The number of halogens is 1. The van der Waals surface area contributed by atoms with Crippen LogP contribution in [0.3, 0.4) is 0 Å². The van der Waals surface area contributed by atoms with Gasteiger partial charge in [-0.25, -0.2) is 9.48 Å². The Labute approximate surface area is 102 Å². The monoisotopic (exact) mass is 287 g/mol. The lowest BCUT2D eigenvalue weighted by Crippen LogP contribution is -2.35. The number of carbonyl (C=O) groups excluding carboxylic acids is 1. The Morgan fingerprint density at radius 3 is 2.81 bits per heavy atom. The average molecular weight is 288 g/mol. The number of fused-ring (bicyclic) bond motifs is 1. The van der Waals surface area contributed by atoms with E-state index in [-0.39, 0.29) is 6.09 Å². The zero-order chi connectivity index (χ0) is 11.9. The number of anilines is 1. The van der Waals surface area contributed by atoms with Crippen LogP contribution >= 0.6 is 15.9 Å². The normalized spacial score (nSPS) is 15.1. The molecule has 0 unspecified atom stereocenters. The zero-order valence-corrected chi connectivity index (χ0v) is 11.1. The van der Waals surface area contributed by atoms with Crippen molar-refractivity contribution in [2.45, 2.75) is 32.9 Å². The summed E-state index contributed by atoms with van der Waals surface area (Å²) in [7, 11) is 0. The second kappa shape index (κ2) is 3.76. The summed E-state index contributed by atoms with van der Waals surface area (Å²) < 4.78 is 7.84. The van der Waals surface area contributed by atoms with Crippen LogP contribution in [0.2, 0.25) is 0 Å². The van der Waals surface area contributed by atoms with E-state index in [1.54, 1.807) is 9.58 Å². The van der Waals surface area contributed by atoms with E-state index in [4.69, 9.17) is 4.74 Å². The first-order valence-electron chi connectivity index (χ1n) is 5.11. The first-order valence-corrected chi connectivity index (χ1v) is 5.90. The topological polar surface area (TPSA) is 47.4 Å². The minimum Gasteiger partial charge on any atom is -0.443 e. The number of hydrogen-bond donors (Lipinski definition) is 0. The fourth-order valence-corrected chi connectivity index (χ4v) is 1.97. The highest BCUT2D eigenvalue weighted by molar-refractivity contribution is 9.10. The van der Waals surface area contributed by atoms with Gasteiger partial charge in [0, 0.05) is 6.07 Å². The van der Waals surface area contributed by atoms with Gasteiger partial charge in [-0.2, -0.15) is 5.10 Å². The van der Waals surface area contributed by atoms with Gasteiger partial charge in [0.2, 0.25) is 0 Å². The molecule has 5 nitrogen and oxygen atoms in total. The molecule has 16 heavy (non-hydrogen) atoms. The molecular formula is C10H14BrN3O2. The molecular weight excluding hydrogens is 274 g/mol. The van der Waals surface area contributed by atoms with Gasteiger partial charge in [-0.3, -0.25) is 4.90 Å². The summed E-state index contributed by atoms with van der Waals surface area (Å²) in [5.74, 6) is 0.779. The number of amides is 1. The Bertz CT molecular complexity index is 422. The highest BCUT2D eigenvalue weighted by Gasteiger charge is 2.30. The van der Waals surface area contributed by atoms with Crippen LogP contribution < -0.4 is 4.90 Å². The maximum absolute atomic E-state index is 11.9. The highest BCUT2D eigenvalue weighted by atomic mass is 79.9. The van der Waals surface area contributed by atoms with Crippen LogP contribution in [0.1, 0.15) is 20.8 Å². The molecule has 1 aliphatic rings. The fraction of sp³-hybridized carbons (Fsp3) is 0.600. The molecule has 1 amide bonds. The Morgan fingerprint density at radius 1 is 1.50 bits per heavy atom. The third kappa shape index (κ3) is 2.21. The average Bonchev–Trinajstić information content (AvgIpc) is 2.58. The van der Waals surface area contributed by atoms with E-state index < -0.39 is 5.60 Å². The summed E-state index contributed by atoms with van der Waals surface area (Å²) in [6.45, 7) is 6.89. The van der Waals surface area contributed by atoms with Gasteiger partial charge in [0.1, 0.15) is 16.0 Å². The first-order chi connectivity index (χ1) is 7.37. The smallest absolute Gasteiger partial charge is 0.416 e. The Kier molecular flexibility index (Phi) is 2.69. The zero-order valence-electron chi connectivity index (χ0n) is 9.53. The molecule has 1 aromatic rings. The van der Waals surface area contributed by atoms with E-state index in [0.717, 1.165) is 10.4 Å². The van der Waals surface area contributed by atoms with Gasteiger partial charge in [-0.15, -0.1) is 0 Å². The van der Waals surface area contributed by atoms with E-state index in [2.05, 4.69) is 21.0 Å². The molecule has 1 aliphatic heterocycles. The summed E-state index contributed by atoms with van der Waals surface area (Å²) >= 11 is 3.28. The van der Waals surface area contributed by atoms with Gasteiger partial charge in [-0.1, -0.05) is 0 Å². The van der Waals surface area contributed by atoms with E-state index in [1.165, 1.54) is 0 Å². The summed E-state index contributed by atoms with van der Waals surface area (Å²) in [4.78, 5) is 13.5. The van der Waals surface area contributed by atoms with Crippen LogP contribution in [-0.2, 0) is 11.3 Å². The molecule has 6 heteroatoms. The van der Waals surface area contributed by atoms with Gasteiger partial charge >= 0.3 is 6.09 Å². The van der Waals surface area contributed by atoms with Crippen LogP contribution in [0.15, 0.2) is 10.7 Å². The maximum Gasteiger partial charge on any atom is 0.416 e. The predicted octanol–water partition coefficient (Wildman–Crippen LogP) is 2.40. The highest BCUT2D eigenvalue weighted by Crippen LogP contribution is 2.26. The van der Waals surface area contributed by atoms with Crippen LogP contribution in [0.25, 0.3) is 0 Å². The van der Waals surface area contributed by atoms with Crippen molar-refractivity contribution in [2.24, 2.45) is 0 Å². The van der Waals surface area contributed by atoms with Gasteiger partial charge in [-0.05, 0) is 36.7 Å². The minimum absolute atomic E-state index is 0.321. The van der Waals surface area contributed by atoms with E-state index >= 15 is 0 Å². The second-order valence-corrected chi connectivity index (χ2v) is 5.49. The molecule has 0 fully saturated rings. The molecule has 88 valence electrons. The standard InChI is InChI=1S/C10H14BrN3O2/c1-10(2,3)16-9(15)13-4-5-14-8(13)6-7(11)12-14/h6H,4-5H2,1-3H3. The van der Waals surface area contributed by atoms with Crippen LogP contribution in [0.4, 0.5) is 10.6 Å². The molecule has 0 aliphatic carbocycles. The molecule has 0 N–H and O–H groups in total. The van der Waals surface area contributed by atoms with Crippen molar-refractivity contribution >= 4 is 27.8 Å². The van der Waals surface area contributed by atoms with Gasteiger partial charge in [0.15, 0.2) is 0 Å². The van der Waals surface area contributed by atoms with Crippen molar-refractivity contribution in [2.75, 3.05) is 11.4 Å². The van der Waals surface area contributed by atoms with Gasteiger partial charge in [0.05, 0.1) is 13.1 Å². The van der Waals surface area contributed by atoms with Crippen molar-refractivity contribution in [1.82, 2.24) is 9.78 Å².